The van der Waals surface area contributed by atoms with Crippen LogP contribution in [0.5, 0.6) is 5.75 Å². The zero-order valence-electron chi connectivity index (χ0n) is 17.0. The van der Waals surface area contributed by atoms with Crippen molar-refractivity contribution in [3.63, 3.8) is 0 Å². The molecule has 2 N–H and O–H groups in total. The lowest BCUT2D eigenvalue weighted by Crippen LogP contribution is -2.36. The summed E-state index contributed by atoms with van der Waals surface area (Å²) in [5.41, 5.74) is 9.70. The van der Waals surface area contributed by atoms with Gasteiger partial charge in [-0.3, -0.25) is 4.79 Å². The molecule has 2 aromatic carbocycles. The molecular formula is C24H21BrFN3O2. The highest BCUT2D eigenvalue weighted by Gasteiger charge is 2.38. The summed E-state index contributed by atoms with van der Waals surface area (Å²) in [7, 11) is 1.80. The molecule has 31 heavy (non-hydrogen) atoms. The first kappa shape index (κ1) is 21.1. The number of nitrogens with zero attached hydrogens (tertiary/aromatic N) is 2. The van der Waals surface area contributed by atoms with E-state index < -0.39 is 5.92 Å². The van der Waals surface area contributed by atoms with Crippen molar-refractivity contribution in [1.29, 1.82) is 5.26 Å². The Morgan fingerprint density at radius 3 is 2.81 bits per heavy atom. The summed E-state index contributed by atoms with van der Waals surface area (Å²) in [6.45, 7) is 0.216. The molecule has 0 aromatic heterocycles. The van der Waals surface area contributed by atoms with Crippen LogP contribution >= 0.6 is 15.9 Å². The highest BCUT2D eigenvalue weighted by molar-refractivity contribution is 9.10. The van der Waals surface area contributed by atoms with E-state index in [4.69, 9.17) is 10.5 Å². The number of hydrogen-bond donors (Lipinski definition) is 1. The van der Waals surface area contributed by atoms with Crippen LogP contribution in [0, 0.1) is 17.1 Å². The number of rotatable bonds is 4. The quantitative estimate of drug-likeness (QED) is 0.671. The molecule has 0 saturated carbocycles. The minimum atomic E-state index is -0.502. The first-order chi connectivity index (χ1) is 14.9. The van der Waals surface area contributed by atoms with Crippen LogP contribution in [0.3, 0.4) is 0 Å². The number of nitrogens with two attached hydrogens (primary N) is 1. The third-order valence-corrected chi connectivity index (χ3v) is 6.36. The van der Waals surface area contributed by atoms with Crippen LogP contribution < -0.4 is 10.5 Å². The monoisotopic (exact) mass is 481 g/mol. The molecule has 5 nitrogen and oxygen atoms in total. The maximum Gasteiger partial charge on any atom is 0.161 e. The van der Waals surface area contributed by atoms with Crippen LogP contribution in [0.1, 0.15) is 36.3 Å². The summed E-state index contributed by atoms with van der Waals surface area (Å²) < 4.78 is 19.9. The van der Waals surface area contributed by atoms with E-state index in [1.807, 2.05) is 12.1 Å². The van der Waals surface area contributed by atoms with Crippen molar-refractivity contribution in [1.82, 2.24) is 4.90 Å². The summed E-state index contributed by atoms with van der Waals surface area (Å²) in [6.07, 6.45) is 2.00. The van der Waals surface area contributed by atoms with Gasteiger partial charge in [0.25, 0.3) is 0 Å². The SMILES string of the molecule is CN1C(N)=C(C#N)[C@@H](c2ccc(OCc3cccc(F)c3)c(Br)c2)C2=C1CCCC2=O. The van der Waals surface area contributed by atoms with E-state index in [1.165, 1.54) is 12.1 Å². The Labute approximate surface area is 188 Å². The van der Waals surface area contributed by atoms with Gasteiger partial charge in [0.1, 0.15) is 24.0 Å². The maximum absolute atomic E-state index is 13.4. The van der Waals surface area contributed by atoms with E-state index >= 15 is 0 Å². The van der Waals surface area contributed by atoms with Crippen molar-refractivity contribution in [2.24, 2.45) is 5.73 Å². The molecule has 1 atom stereocenters. The number of carbonyl (C=O) groups is 1. The number of ether oxygens (including phenoxy) is 1. The molecule has 0 bridgehead atoms. The first-order valence-electron chi connectivity index (χ1n) is 9.97. The molecule has 0 unspecified atom stereocenters. The highest BCUT2D eigenvalue weighted by atomic mass is 79.9. The minimum absolute atomic E-state index is 0.0564. The number of carbonyl (C=O) groups excluding carboxylic acids is 1. The zero-order chi connectivity index (χ0) is 22.1. The Balaban J connectivity index is 1.68. The fraction of sp³-hybridized carbons (Fsp3) is 0.250. The van der Waals surface area contributed by atoms with Crippen molar-refractivity contribution in [3.05, 3.63) is 86.5 Å². The topological polar surface area (TPSA) is 79.3 Å². The third-order valence-electron chi connectivity index (χ3n) is 5.74. The number of benzene rings is 2. The van der Waals surface area contributed by atoms with E-state index in [0.717, 1.165) is 29.7 Å². The highest BCUT2D eigenvalue weighted by Crippen LogP contribution is 2.45. The molecule has 1 aliphatic carbocycles. The molecule has 158 valence electrons. The van der Waals surface area contributed by atoms with Crippen molar-refractivity contribution < 1.29 is 13.9 Å². The number of allylic oxidation sites excluding steroid dienone is 3. The number of ketones is 1. The van der Waals surface area contributed by atoms with E-state index in [-0.39, 0.29) is 18.2 Å². The molecule has 0 radical (unpaired) electrons. The standard InChI is InChI=1S/C24H21BrFN3O2/c1-29-19-6-3-7-20(30)23(19)22(17(12-27)24(29)28)15-8-9-21(18(25)11-15)31-13-14-4-2-5-16(26)10-14/h2,4-5,8-11,22H,3,6-7,13,28H2,1H3/t22-/m1/s1. The second kappa shape index (κ2) is 8.56. The summed E-state index contributed by atoms with van der Waals surface area (Å²) in [4.78, 5) is 14.6. The zero-order valence-corrected chi connectivity index (χ0v) is 18.6. The van der Waals surface area contributed by atoms with E-state index in [9.17, 15) is 14.4 Å². The molecule has 0 amide bonds. The van der Waals surface area contributed by atoms with Crippen LogP contribution in [-0.4, -0.2) is 17.7 Å². The average Bonchev–Trinajstić information content (AvgIpc) is 2.75. The van der Waals surface area contributed by atoms with Gasteiger partial charge in [-0.25, -0.2) is 4.39 Å². The molecule has 0 fully saturated rings. The first-order valence-corrected chi connectivity index (χ1v) is 10.8. The molecule has 2 aromatic rings. The lowest BCUT2D eigenvalue weighted by Gasteiger charge is -2.37. The molecule has 2 aliphatic rings. The van der Waals surface area contributed by atoms with Crippen molar-refractivity contribution in [2.45, 2.75) is 31.8 Å². The van der Waals surface area contributed by atoms with E-state index in [2.05, 4.69) is 22.0 Å². The Kier molecular flexibility index (Phi) is 5.84. The molecule has 4 rings (SSSR count). The van der Waals surface area contributed by atoms with Gasteiger partial charge < -0.3 is 15.4 Å². The fourth-order valence-corrected chi connectivity index (χ4v) is 4.71. The Morgan fingerprint density at radius 1 is 1.29 bits per heavy atom. The molecule has 0 spiro atoms. The van der Waals surface area contributed by atoms with Crippen LogP contribution in [0.15, 0.2) is 69.6 Å². The van der Waals surface area contributed by atoms with Gasteiger partial charge in [-0.15, -0.1) is 0 Å². The van der Waals surface area contributed by atoms with Gasteiger partial charge in [0.2, 0.25) is 0 Å². The molecule has 1 aliphatic heterocycles. The van der Waals surface area contributed by atoms with Gasteiger partial charge in [0, 0.05) is 24.7 Å². The Hall–Kier alpha value is -3.11. The molecular weight excluding hydrogens is 461 g/mol. The predicted octanol–water partition coefficient (Wildman–Crippen LogP) is 4.90. The third kappa shape index (κ3) is 3.96. The summed E-state index contributed by atoms with van der Waals surface area (Å²) >= 11 is 3.53. The van der Waals surface area contributed by atoms with Gasteiger partial charge in [-0.1, -0.05) is 18.2 Å². The second-order valence-corrected chi connectivity index (χ2v) is 8.50. The Morgan fingerprint density at radius 2 is 2.10 bits per heavy atom. The molecule has 0 saturated heterocycles. The fourth-order valence-electron chi connectivity index (χ4n) is 4.20. The lowest BCUT2D eigenvalue weighted by atomic mass is 9.76. The normalized spacial score (nSPS) is 18.7. The number of Topliss-reactive ketones (excluding diaryl/α,β-unsaturated/α-hetero) is 1. The van der Waals surface area contributed by atoms with Crippen LogP contribution in [-0.2, 0) is 11.4 Å². The van der Waals surface area contributed by atoms with Gasteiger partial charge in [-0.2, -0.15) is 5.26 Å². The van der Waals surface area contributed by atoms with Crippen LogP contribution in [0.4, 0.5) is 4.39 Å². The second-order valence-electron chi connectivity index (χ2n) is 7.65. The summed E-state index contributed by atoms with van der Waals surface area (Å²) in [5, 5.41) is 9.83. The van der Waals surface area contributed by atoms with E-state index in [0.29, 0.717) is 33.6 Å². The minimum Gasteiger partial charge on any atom is -0.488 e. The van der Waals surface area contributed by atoms with Crippen LogP contribution in [0.2, 0.25) is 0 Å². The van der Waals surface area contributed by atoms with Gasteiger partial charge in [0.05, 0.1) is 22.0 Å². The van der Waals surface area contributed by atoms with Gasteiger partial charge in [-0.05, 0) is 64.2 Å². The number of hydrogen-bond acceptors (Lipinski definition) is 5. The maximum atomic E-state index is 13.4. The van der Waals surface area contributed by atoms with Gasteiger partial charge in [0.15, 0.2) is 5.78 Å². The summed E-state index contributed by atoms with van der Waals surface area (Å²) in [6, 6.07) is 13.9. The van der Waals surface area contributed by atoms with Crippen molar-refractivity contribution >= 4 is 21.7 Å². The smallest absolute Gasteiger partial charge is 0.161 e. The summed E-state index contributed by atoms with van der Waals surface area (Å²) in [5.74, 6) is 0.204. The number of nitriles is 1. The van der Waals surface area contributed by atoms with E-state index in [1.54, 1.807) is 30.1 Å². The van der Waals surface area contributed by atoms with Crippen molar-refractivity contribution in [3.8, 4) is 11.8 Å². The molecule has 1 heterocycles. The average molecular weight is 482 g/mol. The Bertz CT molecular complexity index is 1170. The lowest BCUT2D eigenvalue weighted by molar-refractivity contribution is -0.116. The largest absolute Gasteiger partial charge is 0.488 e. The predicted molar refractivity (Wildman–Crippen MR) is 118 cm³/mol. The van der Waals surface area contributed by atoms with Crippen LogP contribution in [0.25, 0.3) is 0 Å². The molecule has 7 heteroatoms. The van der Waals surface area contributed by atoms with Gasteiger partial charge >= 0.3 is 0 Å². The van der Waals surface area contributed by atoms with Crippen molar-refractivity contribution in [2.75, 3.05) is 7.05 Å². The number of halogens is 2.